The number of benzene rings is 3. The van der Waals surface area contributed by atoms with Gasteiger partial charge in [0.05, 0.1) is 0 Å². The summed E-state index contributed by atoms with van der Waals surface area (Å²) in [6.45, 7) is 27.5. The summed E-state index contributed by atoms with van der Waals surface area (Å²) in [5, 5.41) is 5.03. The molecule has 1 aliphatic carbocycles. The fourth-order valence-electron chi connectivity index (χ4n) is 6.09. The van der Waals surface area contributed by atoms with Gasteiger partial charge in [-0.05, 0) is 137 Å². The number of rotatable bonds is 9. The maximum Gasteiger partial charge on any atom is -0.00694 e. The Balaban J connectivity index is 1.96. The minimum atomic E-state index is 0.879. The monoisotopic (exact) mass is 586 g/mol. The van der Waals surface area contributed by atoms with Crippen molar-refractivity contribution in [3.63, 3.8) is 0 Å². The molecule has 0 atom stereocenters. The first-order valence-electron chi connectivity index (χ1n) is 15.7. The Morgan fingerprint density at radius 3 is 1.73 bits per heavy atom. The minimum absolute atomic E-state index is 0.879. The summed E-state index contributed by atoms with van der Waals surface area (Å²) in [5.41, 5.74) is 14.2. The Labute approximate surface area is 271 Å². The van der Waals surface area contributed by atoms with E-state index in [0.717, 1.165) is 16.7 Å². The van der Waals surface area contributed by atoms with Crippen LogP contribution in [0.5, 0.6) is 0 Å². The lowest BCUT2D eigenvalue weighted by Crippen LogP contribution is -1.94. The van der Waals surface area contributed by atoms with Crippen LogP contribution in [0.1, 0.15) is 59.6 Å². The second-order valence-electron chi connectivity index (χ2n) is 11.7. The summed E-state index contributed by atoms with van der Waals surface area (Å²) in [5.74, 6) is 0. The third-order valence-corrected chi connectivity index (χ3v) is 8.70. The predicted molar refractivity (Wildman–Crippen MR) is 203 cm³/mol. The summed E-state index contributed by atoms with van der Waals surface area (Å²) in [6.07, 6.45) is 23.3. The largest absolute Gasteiger partial charge is 0.0985 e. The molecule has 0 radical (unpaired) electrons. The van der Waals surface area contributed by atoms with E-state index in [0.29, 0.717) is 0 Å². The Hall–Kier alpha value is -4.94. The molecular weight excluding hydrogens is 540 g/mol. The van der Waals surface area contributed by atoms with Gasteiger partial charge in [0, 0.05) is 0 Å². The molecule has 0 saturated heterocycles. The van der Waals surface area contributed by atoms with Crippen LogP contribution in [-0.2, 0) is 0 Å². The zero-order chi connectivity index (χ0) is 32.7. The molecule has 0 heterocycles. The van der Waals surface area contributed by atoms with E-state index in [1.807, 2.05) is 19.1 Å². The van der Waals surface area contributed by atoms with Crippen molar-refractivity contribution in [1.29, 1.82) is 0 Å². The maximum absolute atomic E-state index is 4.47. The average Bonchev–Trinajstić information content (AvgIpc) is 3.27. The Bertz CT molecular complexity index is 1920. The molecule has 0 N–H and O–H groups in total. The van der Waals surface area contributed by atoms with Crippen LogP contribution in [0.3, 0.4) is 0 Å². The topological polar surface area (TPSA) is 0 Å². The van der Waals surface area contributed by atoms with Crippen LogP contribution in [0, 0.1) is 0 Å². The van der Waals surface area contributed by atoms with Crippen molar-refractivity contribution in [3.05, 3.63) is 191 Å². The van der Waals surface area contributed by atoms with Crippen LogP contribution in [0.25, 0.3) is 32.7 Å². The van der Waals surface area contributed by atoms with Crippen molar-refractivity contribution in [2.45, 2.75) is 48.5 Å². The summed E-state index contributed by atoms with van der Waals surface area (Å²) in [4.78, 5) is 0. The van der Waals surface area contributed by atoms with Gasteiger partial charge in [0.25, 0.3) is 0 Å². The molecule has 1 aliphatic rings. The summed E-state index contributed by atoms with van der Waals surface area (Å²) in [6, 6.07) is 17.7. The lowest BCUT2D eigenvalue weighted by atomic mass is 9.85. The van der Waals surface area contributed by atoms with Gasteiger partial charge in [-0.3, -0.25) is 0 Å². The lowest BCUT2D eigenvalue weighted by molar-refractivity contribution is 1.34. The molecule has 0 saturated carbocycles. The van der Waals surface area contributed by atoms with Gasteiger partial charge in [0.15, 0.2) is 0 Å². The van der Waals surface area contributed by atoms with Gasteiger partial charge in [-0.1, -0.05) is 135 Å². The van der Waals surface area contributed by atoms with E-state index in [1.165, 1.54) is 71.7 Å². The molecule has 45 heavy (non-hydrogen) atoms. The number of fused-ring (bicyclic) bond motifs is 2. The molecule has 226 valence electrons. The van der Waals surface area contributed by atoms with E-state index in [2.05, 4.69) is 158 Å². The van der Waals surface area contributed by atoms with Gasteiger partial charge in [-0.15, -0.1) is 0 Å². The van der Waals surface area contributed by atoms with Crippen molar-refractivity contribution >= 4 is 32.7 Å². The molecule has 0 amide bonds. The first-order chi connectivity index (χ1) is 21.6. The van der Waals surface area contributed by atoms with Gasteiger partial charge in [0.2, 0.25) is 0 Å². The number of hydrogen-bond acceptors (Lipinski definition) is 0. The number of hydrogen-bond donors (Lipinski definition) is 0. The van der Waals surface area contributed by atoms with Crippen molar-refractivity contribution < 1.29 is 0 Å². The fraction of sp³-hybridized carbons (Fsp3) is 0.156. The Morgan fingerprint density at radius 1 is 0.689 bits per heavy atom. The third-order valence-electron chi connectivity index (χ3n) is 8.70. The van der Waals surface area contributed by atoms with Gasteiger partial charge in [-0.25, -0.2) is 0 Å². The van der Waals surface area contributed by atoms with Gasteiger partial charge < -0.3 is 0 Å². The fourth-order valence-corrected chi connectivity index (χ4v) is 6.09. The smallest absolute Gasteiger partial charge is 0.00694 e. The normalized spacial score (nSPS) is 17.4. The van der Waals surface area contributed by atoms with Crippen LogP contribution in [0.2, 0.25) is 0 Å². The van der Waals surface area contributed by atoms with E-state index in [1.54, 1.807) is 6.08 Å². The molecule has 0 unspecified atom stereocenters. The Morgan fingerprint density at radius 2 is 1.22 bits per heavy atom. The van der Waals surface area contributed by atoms with E-state index < -0.39 is 0 Å². The molecule has 0 heteroatoms. The van der Waals surface area contributed by atoms with Crippen LogP contribution in [-0.4, -0.2) is 0 Å². The molecule has 3 aromatic rings. The molecule has 0 aliphatic heterocycles. The van der Waals surface area contributed by atoms with E-state index in [-0.39, 0.29) is 0 Å². The van der Waals surface area contributed by atoms with Crippen molar-refractivity contribution in [3.8, 4) is 0 Å². The lowest BCUT2D eigenvalue weighted by Gasteiger charge is -2.18. The van der Waals surface area contributed by atoms with Crippen LogP contribution in [0.4, 0.5) is 0 Å². The van der Waals surface area contributed by atoms with Crippen molar-refractivity contribution in [2.75, 3.05) is 0 Å². The van der Waals surface area contributed by atoms with E-state index in [9.17, 15) is 0 Å². The zero-order valence-electron chi connectivity index (χ0n) is 28.1. The highest BCUT2D eigenvalue weighted by molar-refractivity contribution is 6.15. The van der Waals surface area contributed by atoms with Crippen molar-refractivity contribution in [1.82, 2.24) is 0 Å². The zero-order valence-corrected chi connectivity index (χ0v) is 28.1. The third kappa shape index (κ3) is 6.92. The molecule has 0 nitrogen and oxygen atoms in total. The van der Waals surface area contributed by atoms with Crippen molar-refractivity contribution in [2.24, 2.45) is 0 Å². The van der Waals surface area contributed by atoms with E-state index >= 15 is 0 Å². The number of allylic oxidation sites excluding steroid dienone is 21. The molecule has 0 spiro atoms. The van der Waals surface area contributed by atoms with Gasteiger partial charge >= 0.3 is 0 Å². The van der Waals surface area contributed by atoms with Crippen LogP contribution >= 0.6 is 0 Å². The van der Waals surface area contributed by atoms with Crippen LogP contribution in [0.15, 0.2) is 180 Å². The second-order valence-corrected chi connectivity index (χ2v) is 11.7. The van der Waals surface area contributed by atoms with Crippen LogP contribution < -0.4 is 0 Å². The predicted octanol–water partition coefficient (Wildman–Crippen LogP) is 13.3. The Kier molecular flexibility index (Phi) is 10.8. The summed E-state index contributed by atoms with van der Waals surface area (Å²) >= 11 is 0. The average molecular weight is 587 g/mol. The quantitative estimate of drug-likeness (QED) is 0.173. The highest BCUT2D eigenvalue weighted by atomic mass is 14.3. The first-order valence-corrected chi connectivity index (χ1v) is 15.7. The standard InChI is InChI=1S/C45H46/c1-11-14-21-31(5)32(6)27-28-33(7)44-39-22-15-17-24-41(39)45(42-25-18-16-23-40(42)44)34(8)29-43-36(10)37(13-3)35(9)38(43)26-19-20-30(4)12-2/h11-29H,2,4,9H2,1,3,5-8,10H3/b14-11-,20-19-,31-21+,32-27+,33-28+,34-29+,37-13+,38-26+. The maximum atomic E-state index is 4.47. The molecule has 0 bridgehead atoms. The summed E-state index contributed by atoms with van der Waals surface area (Å²) < 4.78 is 0. The minimum Gasteiger partial charge on any atom is -0.0985 e. The second kappa shape index (κ2) is 14.7. The molecule has 4 rings (SSSR count). The van der Waals surface area contributed by atoms with Gasteiger partial charge in [-0.2, -0.15) is 0 Å². The highest BCUT2D eigenvalue weighted by Gasteiger charge is 2.24. The first kappa shape index (κ1) is 33.0. The van der Waals surface area contributed by atoms with Gasteiger partial charge in [0.1, 0.15) is 0 Å². The molecular formula is C45H46. The van der Waals surface area contributed by atoms with E-state index in [4.69, 9.17) is 0 Å². The molecule has 0 fully saturated rings. The summed E-state index contributed by atoms with van der Waals surface area (Å²) in [7, 11) is 0. The molecule has 3 aromatic carbocycles. The highest BCUT2D eigenvalue weighted by Crippen LogP contribution is 2.44. The molecule has 0 aromatic heterocycles. The SMILES string of the molecule is C=CC(=C)/C=C\C=C1/C(=C)/C(=C\C)C(C)=C1/C=C(\C)c1c2ccccc2c(/C(C)=C/C=C(C)/C(C)=C/C=C\C)c2ccccc12.